The lowest BCUT2D eigenvalue weighted by atomic mass is 9.90. The standard InChI is InChI=1S/C46H49BrN2O5/c1-51-26-4-28-53-42-22-17-37-30-36(35-14-12-34(13-15-35)33-10-8-32(9-11-33)6-3-7-44(50)49-25-24-48)16-20-40(37)45(42)46-41-21-19-39(47)31-38(41)18-23-43(46)54-29-5-27-52-2/h8-23,30-31H,3-7,24-29,48H2,1-2H3,(H,49,50). The minimum atomic E-state index is 0.0583. The summed E-state index contributed by atoms with van der Waals surface area (Å²) in [6.07, 6.45) is 3.75. The summed E-state index contributed by atoms with van der Waals surface area (Å²) in [7, 11) is 3.42. The molecule has 54 heavy (non-hydrogen) atoms. The Kier molecular flexibility index (Phi) is 14.1. The second kappa shape index (κ2) is 19.6. The second-order valence-corrected chi connectivity index (χ2v) is 14.3. The summed E-state index contributed by atoms with van der Waals surface area (Å²) >= 11 is 3.67. The molecule has 0 bridgehead atoms. The van der Waals surface area contributed by atoms with Crippen molar-refractivity contribution in [1.29, 1.82) is 0 Å². The third-order valence-corrected chi connectivity index (χ3v) is 10.0. The fraction of sp³-hybridized carbons (Fsp3) is 0.283. The molecular weight excluding hydrogens is 740 g/mol. The average Bonchev–Trinajstić information content (AvgIpc) is 3.20. The Morgan fingerprint density at radius 3 is 1.70 bits per heavy atom. The van der Waals surface area contributed by atoms with E-state index in [1.165, 1.54) is 5.56 Å². The van der Waals surface area contributed by atoms with Crippen LogP contribution in [0.1, 0.15) is 31.2 Å². The van der Waals surface area contributed by atoms with Crippen LogP contribution in [0, 0.1) is 0 Å². The number of nitrogens with one attached hydrogen (secondary N) is 1. The van der Waals surface area contributed by atoms with Gasteiger partial charge in [0.2, 0.25) is 5.91 Å². The Hall–Kier alpha value is -4.73. The SMILES string of the molecule is COCCCOc1ccc2cc(Br)ccc2c1-c1c(OCCCOC)ccc2cc(-c3ccc(-c4ccc(CCCC(=O)NCCN)cc4)cc3)ccc12. The van der Waals surface area contributed by atoms with Crippen molar-refractivity contribution in [3.05, 3.63) is 119 Å². The first-order chi connectivity index (χ1) is 26.5. The first-order valence-electron chi connectivity index (χ1n) is 18.7. The molecule has 0 saturated heterocycles. The van der Waals surface area contributed by atoms with Crippen molar-refractivity contribution < 1.29 is 23.7 Å². The summed E-state index contributed by atoms with van der Waals surface area (Å²) in [6, 6.07) is 38.8. The quantitative estimate of drug-likeness (QED) is 0.0795. The topological polar surface area (TPSA) is 92.0 Å². The molecule has 0 radical (unpaired) electrons. The number of halogens is 1. The smallest absolute Gasteiger partial charge is 0.220 e. The summed E-state index contributed by atoms with van der Waals surface area (Å²) in [5, 5.41) is 7.24. The van der Waals surface area contributed by atoms with Gasteiger partial charge in [-0.1, -0.05) is 94.8 Å². The first-order valence-corrected chi connectivity index (χ1v) is 19.5. The van der Waals surface area contributed by atoms with Crippen LogP contribution in [0.25, 0.3) is 54.9 Å². The zero-order valence-corrected chi connectivity index (χ0v) is 32.8. The molecule has 6 rings (SSSR count). The highest BCUT2D eigenvalue weighted by Crippen LogP contribution is 2.46. The maximum atomic E-state index is 11.9. The van der Waals surface area contributed by atoms with Crippen LogP contribution in [0.15, 0.2) is 114 Å². The summed E-state index contributed by atoms with van der Waals surface area (Å²) < 4.78 is 24.6. The number of fused-ring (bicyclic) bond motifs is 2. The van der Waals surface area contributed by atoms with E-state index in [1.54, 1.807) is 14.2 Å². The molecule has 0 atom stereocenters. The number of ether oxygens (including phenoxy) is 4. The molecule has 0 aromatic heterocycles. The van der Waals surface area contributed by atoms with Gasteiger partial charge in [0.1, 0.15) is 11.5 Å². The highest BCUT2D eigenvalue weighted by atomic mass is 79.9. The highest BCUT2D eigenvalue weighted by molar-refractivity contribution is 9.10. The Balaban J connectivity index is 1.30. The van der Waals surface area contributed by atoms with E-state index in [1.807, 2.05) is 0 Å². The molecule has 0 aliphatic heterocycles. The van der Waals surface area contributed by atoms with Crippen molar-refractivity contribution in [1.82, 2.24) is 5.32 Å². The molecule has 6 aromatic rings. The van der Waals surface area contributed by atoms with Crippen molar-refractivity contribution in [2.75, 3.05) is 53.7 Å². The van der Waals surface area contributed by atoms with Crippen LogP contribution in [-0.2, 0) is 20.7 Å². The minimum Gasteiger partial charge on any atom is -0.493 e. The zero-order chi connectivity index (χ0) is 37.7. The summed E-state index contributed by atoms with van der Waals surface area (Å²) in [4.78, 5) is 11.9. The molecule has 3 N–H and O–H groups in total. The molecular formula is C46H49BrN2O5. The van der Waals surface area contributed by atoms with Gasteiger partial charge in [-0.25, -0.2) is 0 Å². The molecule has 1 amide bonds. The largest absolute Gasteiger partial charge is 0.493 e. The van der Waals surface area contributed by atoms with Gasteiger partial charge in [-0.3, -0.25) is 4.79 Å². The molecule has 0 aliphatic rings. The van der Waals surface area contributed by atoms with Crippen LogP contribution < -0.4 is 20.5 Å². The normalized spacial score (nSPS) is 11.3. The summed E-state index contributed by atoms with van der Waals surface area (Å²) in [5.41, 5.74) is 13.3. The van der Waals surface area contributed by atoms with E-state index in [9.17, 15) is 4.79 Å². The number of benzene rings is 6. The van der Waals surface area contributed by atoms with Crippen LogP contribution in [0.5, 0.6) is 11.5 Å². The van der Waals surface area contributed by atoms with Crippen molar-refractivity contribution in [2.24, 2.45) is 5.73 Å². The van der Waals surface area contributed by atoms with Gasteiger partial charge < -0.3 is 30.0 Å². The zero-order valence-electron chi connectivity index (χ0n) is 31.2. The van der Waals surface area contributed by atoms with Crippen LogP contribution in [0.2, 0.25) is 0 Å². The van der Waals surface area contributed by atoms with E-state index in [0.717, 1.165) is 96.6 Å². The van der Waals surface area contributed by atoms with E-state index in [4.69, 9.17) is 24.7 Å². The predicted octanol–water partition coefficient (Wildman–Crippen LogP) is 9.98. The Morgan fingerprint density at radius 2 is 1.13 bits per heavy atom. The number of amides is 1. The van der Waals surface area contributed by atoms with Crippen molar-refractivity contribution in [2.45, 2.75) is 32.1 Å². The average molecular weight is 790 g/mol. The Morgan fingerprint density at radius 1 is 0.611 bits per heavy atom. The lowest BCUT2D eigenvalue weighted by molar-refractivity contribution is -0.121. The van der Waals surface area contributed by atoms with Crippen molar-refractivity contribution >= 4 is 43.4 Å². The number of rotatable bonds is 19. The van der Waals surface area contributed by atoms with E-state index >= 15 is 0 Å². The van der Waals surface area contributed by atoms with Gasteiger partial charge in [0.15, 0.2) is 0 Å². The molecule has 8 heteroatoms. The first kappa shape index (κ1) is 39.0. The van der Waals surface area contributed by atoms with Gasteiger partial charge in [-0.15, -0.1) is 0 Å². The minimum absolute atomic E-state index is 0.0583. The van der Waals surface area contributed by atoms with Crippen LogP contribution >= 0.6 is 15.9 Å². The second-order valence-electron chi connectivity index (χ2n) is 13.3. The van der Waals surface area contributed by atoms with Gasteiger partial charge in [-0.2, -0.15) is 0 Å². The fourth-order valence-corrected chi connectivity index (χ4v) is 7.15. The predicted molar refractivity (Wildman–Crippen MR) is 224 cm³/mol. The summed E-state index contributed by atoms with van der Waals surface area (Å²) in [5.74, 6) is 1.68. The summed E-state index contributed by atoms with van der Waals surface area (Å²) in [6.45, 7) is 3.32. The maximum Gasteiger partial charge on any atom is 0.220 e. The lowest BCUT2D eigenvalue weighted by Crippen LogP contribution is -2.28. The third-order valence-electron chi connectivity index (χ3n) is 9.52. The number of aryl methyl sites for hydroxylation is 1. The van der Waals surface area contributed by atoms with Crippen LogP contribution in [0.3, 0.4) is 0 Å². The third kappa shape index (κ3) is 9.87. The Bertz CT molecular complexity index is 2150. The van der Waals surface area contributed by atoms with Gasteiger partial charge in [-0.05, 0) is 92.5 Å². The van der Waals surface area contributed by atoms with E-state index in [-0.39, 0.29) is 5.91 Å². The van der Waals surface area contributed by atoms with Gasteiger partial charge in [0, 0.05) is 75.4 Å². The van der Waals surface area contributed by atoms with Gasteiger partial charge in [0.25, 0.3) is 0 Å². The number of hydrogen-bond donors (Lipinski definition) is 2. The molecule has 0 heterocycles. The number of nitrogens with two attached hydrogens (primary N) is 1. The van der Waals surface area contributed by atoms with Crippen molar-refractivity contribution in [3.63, 3.8) is 0 Å². The number of carbonyl (C=O) groups excluding carboxylic acids is 1. The molecule has 0 unspecified atom stereocenters. The van der Waals surface area contributed by atoms with Gasteiger partial charge in [0.05, 0.1) is 13.2 Å². The fourth-order valence-electron chi connectivity index (χ4n) is 6.77. The molecule has 0 spiro atoms. The maximum absolute atomic E-state index is 11.9. The number of carbonyl (C=O) groups is 1. The monoisotopic (exact) mass is 788 g/mol. The van der Waals surface area contributed by atoms with Crippen LogP contribution in [-0.4, -0.2) is 59.6 Å². The molecule has 0 fully saturated rings. The van der Waals surface area contributed by atoms with E-state index < -0.39 is 0 Å². The molecule has 0 aliphatic carbocycles. The molecule has 7 nitrogen and oxygen atoms in total. The number of methoxy groups -OCH3 is 2. The van der Waals surface area contributed by atoms with E-state index in [2.05, 4.69) is 130 Å². The molecule has 6 aromatic carbocycles. The Labute approximate surface area is 326 Å². The van der Waals surface area contributed by atoms with Crippen molar-refractivity contribution in [3.8, 4) is 44.9 Å². The number of hydrogen-bond acceptors (Lipinski definition) is 6. The van der Waals surface area contributed by atoms with E-state index in [0.29, 0.717) is 45.9 Å². The van der Waals surface area contributed by atoms with Crippen LogP contribution in [0.4, 0.5) is 0 Å². The molecule has 0 saturated carbocycles. The van der Waals surface area contributed by atoms with Gasteiger partial charge >= 0.3 is 0 Å². The molecule has 280 valence electrons. The lowest BCUT2D eigenvalue weighted by Gasteiger charge is -2.20. The highest BCUT2D eigenvalue weighted by Gasteiger charge is 2.20.